The Morgan fingerprint density at radius 2 is 1.77 bits per heavy atom. The molecule has 0 saturated heterocycles. The summed E-state index contributed by atoms with van der Waals surface area (Å²) in [6, 6.07) is 15.9. The Bertz CT molecular complexity index is 1270. The minimum Gasteiger partial charge on any atom is -0.422 e. The number of aryl methyl sites for hydroxylation is 1. The van der Waals surface area contributed by atoms with Crippen LogP contribution in [0.15, 0.2) is 70.0 Å². The van der Waals surface area contributed by atoms with Gasteiger partial charge in [-0.25, -0.2) is 9.78 Å². The smallest absolute Gasteiger partial charge is 0.349 e. The number of nitrogens with one attached hydrogen (secondary N) is 3. The number of rotatable bonds is 7. The van der Waals surface area contributed by atoms with Crippen LogP contribution in [0.25, 0.3) is 11.0 Å². The number of pyridine rings is 1. The lowest BCUT2D eigenvalue weighted by Gasteiger charge is -2.08. The van der Waals surface area contributed by atoms with Crippen molar-refractivity contribution in [3.05, 3.63) is 82.3 Å². The topological polar surface area (TPSA) is 122 Å². The monoisotopic (exact) mass is 416 g/mol. The standard InChI is InChI=1S/C22H20N6O3/c1-14-8-9-23-20(12-14)26-19-7-6-18(27-28-19)24-10-11-25-21(29)16-13-15-4-2-3-5-17(15)31-22(16)30/h2-9,12-13H,10-11H2,1H3,(H,24,27)(H,25,29)(H,23,26,28). The van der Waals surface area contributed by atoms with Crippen LogP contribution < -0.4 is 21.6 Å². The molecule has 0 saturated carbocycles. The van der Waals surface area contributed by atoms with Crippen molar-refractivity contribution in [1.82, 2.24) is 20.5 Å². The molecule has 0 aliphatic carbocycles. The third-order valence-corrected chi connectivity index (χ3v) is 4.44. The Morgan fingerprint density at radius 1 is 0.968 bits per heavy atom. The van der Waals surface area contributed by atoms with Gasteiger partial charge in [-0.1, -0.05) is 18.2 Å². The first-order chi connectivity index (χ1) is 15.1. The van der Waals surface area contributed by atoms with Crippen LogP contribution in [-0.2, 0) is 0 Å². The summed E-state index contributed by atoms with van der Waals surface area (Å²) in [6.45, 7) is 2.68. The molecule has 31 heavy (non-hydrogen) atoms. The molecule has 0 aliphatic heterocycles. The van der Waals surface area contributed by atoms with Crippen LogP contribution in [0.3, 0.4) is 0 Å². The van der Waals surface area contributed by atoms with E-state index in [1.54, 1.807) is 36.5 Å². The van der Waals surface area contributed by atoms with E-state index in [1.807, 2.05) is 25.1 Å². The number of benzene rings is 1. The van der Waals surface area contributed by atoms with Gasteiger partial charge in [-0.05, 0) is 48.9 Å². The van der Waals surface area contributed by atoms with Crippen LogP contribution in [-0.4, -0.2) is 34.2 Å². The fourth-order valence-corrected chi connectivity index (χ4v) is 2.91. The molecule has 9 nitrogen and oxygen atoms in total. The summed E-state index contributed by atoms with van der Waals surface area (Å²) >= 11 is 0. The third-order valence-electron chi connectivity index (χ3n) is 4.44. The number of carbonyl (C=O) groups excluding carboxylic acids is 1. The van der Waals surface area contributed by atoms with E-state index in [-0.39, 0.29) is 5.56 Å². The lowest BCUT2D eigenvalue weighted by atomic mass is 10.2. The van der Waals surface area contributed by atoms with Crippen molar-refractivity contribution < 1.29 is 9.21 Å². The molecular formula is C22H20N6O3. The Kier molecular flexibility index (Phi) is 5.84. The van der Waals surface area contributed by atoms with Gasteiger partial charge in [0.25, 0.3) is 5.91 Å². The number of hydrogen-bond donors (Lipinski definition) is 3. The SMILES string of the molecule is Cc1ccnc(Nc2ccc(NCCNC(=O)c3cc4ccccc4oc3=O)nn2)c1. The van der Waals surface area contributed by atoms with Crippen molar-refractivity contribution in [2.24, 2.45) is 0 Å². The summed E-state index contributed by atoms with van der Waals surface area (Å²) in [6.07, 6.45) is 1.72. The predicted octanol–water partition coefficient (Wildman–Crippen LogP) is 2.87. The van der Waals surface area contributed by atoms with E-state index in [0.717, 1.165) is 5.56 Å². The van der Waals surface area contributed by atoms with E-state index in [0.29, 0.717) is 41.5 Å². The van der Waals surface area contributed by atoms with E-state index >= 15 is 0 Å². The van der Waals surface area contributed by atoms with Crippen LogP contribution in [0.1, 0.15) is 15.9 Å². The summed E-state index contributed by atoms with van der Waals surface area (Å²) in [5.41, 5.74) is 0.840. The normalized spacial score (nSPS) is 10.6. The minimum atomic E-state index is -0.666. The molecular weight excluding hydrogens is 396 g/mol. The van der Waals surface area contributed by atoms with Gasteiger partial charge in [0, 0.05) is 24.7 Å². The second-order valence-corrected chi connectivity index (χ2v) is 6.82. The molecule has 1 amide bonds. The van der Waals surface area contributed by atoms with E-state index in [9.17, 15) is 9.59 Å². The van der Waals surface area contributed by atoms with E-state index in [2.05, 4.69) is 31.1 Å². The maximum absolute atomic E-state index is 12.3. The molecule has 4 aromatic rings. The molecule has 0 aliphatic rings. The molecule has 3 heterocycles. The summed E-state index contributed by atoms with van der Waals surface area (Å²) < 4.78 is 5.19. The summed E-state index contributed by atoms with van der Waals surface area (Å²) in [5.74, 6) is 1.33. The van der Waals surface area contributed by atoms with Gasteiger partial charge in [0.15, 0.2) is 5.82 Å². The molecule has 156 valence electrons. The van der Waals surface area contributed by atoms with Gasteiger partial charge in [-0.15, -0.1) is 10.2 Å². The highest BCUT2D eigenvalue weighted by molar-refractivity contribution is 5.96. The molecule has 1 aromatic carbocycles. The van der Waals surface area contributed by atoms with Gasteiger partial charge in [-0.2, -0.15) is 0 Å². The molecule has 0 atom stereocenters. The average molecular weight is 416 g/mol. The summed E-state index contributed by atoms with van der Waals surface area (Å²) in [7, 11) is 0. The second-order valence-electron chi connectivity index (χ2n) is 6.82. The highest BCUT2D eigenvalue weighted by Gasteiger charge is 2.13. The van der Waals surface area contributed by atoms with Gasteiger partial charge >= 0.3 is 5.63 Å². The van der Waals surface area contributed by atoms with Crippen LogP contribution in [0.2, 0.25) is 0 Å². The van der Waals surface area contributed by atoms with Crippen molar-refractivity contribution in [2.75, 3.05) is 23.7 Å². The van der Waals surface area contributed by atoms with Crippen LogP contribution >= 0.6 is 0 Å². The lowest BCUT2D eigenvalue weighted by Crippen LogP contribution is -2.32. The van der Waals surface area contributed by atoms with Gasteiger partial charge in [0.05, 0.1) is 0 Å². The van der Waals surface area contributed by atoms with Gasteiger partial charge in [0.1, 0.15) is 22.8 Å². The first-order valence-corrected chi connectivity index (χ1v) is 9.67. The molecule has 0 spiro atoms. The molecule has 0 unspecified atom stereocenters. The average Bonchev–Trinajstić information content (AvgIpc) is 2.77. The van der Waals surface area contributed by atoms with Crippen LogP contribution in [0.4, 0.5) is 17.5 Å². The Hall–Kier alpha value is -4.27. The number of anilines is 3. The number of fused-ring (bicyclic) bond motifs is 1. The van der Waals surface area contributed by atoms with Crippen molar-refractivity contribution >= 4 is 34.3 Å². The second kappa shape index (κ2) is 9.04. The molecule has 9 heteroatoms. The first kappa shape index (κ1) is 20.0. The quantitative estimate of drug-likeness (QED) is 0.311. The number of amides is 1. The molecule has 0 radical (unpaired) electrons. The Morgan fingerprint density at radius 3 is 2.58 bits per heavy atom. The van der Waals surface area contributed by atoms with Crippen molar-refractivity contribution in [3.8, 4) is 0 Å². The molecule has 4 rings (SSSR count). The number of aromatic nitrogens is 3. The predicted molar refractivity (Wildman–Crippen MR) is 118 cm³/mol. The largest absolute Gasteiger partial charge is 0.422 e. The maximum atomic E-state index is 12.3. The molecule has 3 N–H and O–H groups in total. The molecule has 3 aromatic heterocycles. The number of nitrogens with zero attached hydrogens (tertiary/aromatic N) is 3. The van der Waals surface area contributed by atoms with Gasteiger partial charge < -0.3 is 20.4 Å². The fourth-order valence-electron chi connectivity index (χ4n) is 2.91. The van der Waals surface area contributed by atoms with Gasteiger partial charge in [-0.3, -0.25) is 4.79 Å². The van der Waals surface area contributed by atoms with E-state index < -0.39 is 11.5 Å². The number of hydrogen-bond acceptors (Lipinski definition) is 8. The van der Waals surface area contributed by atoms with Crippen molar-refractivity contribution in [2.45, 2.75) is 6.92 Å². The van der Waals surface area contributed by atoms with E-state index in [1.165, 1.54) is 6.07 Å². The highest BCUT2D eigenvalue weighted by atomic mass is 16.4. The number of para-hydroxylation sites is 1. The zero-order chi connectivity index (χ0) is 21.6. The Labute approximate surface area is 177 Å². The van der Waals surface area contributed by atoms with Crippen LogP contribution in [0.5, 0.6) is 0 Å². The minimum absolute atomic E-state index is 0.0290. The maximum Gasteiger partial charge on any atom is 0.349 e. The van der Waals surface area contributed by atoms with E-state index in [4.69, 9.17) is 4.42 Å². The summed E-state index contributed by atoms with van der Waals surface area (Å²) in [5, 5.41) is 17.7. The van der Waals surface area contributed by atoms with Gasteiger partial charge in [0.2, 0.25) is 0 Å². The fraction of sp³-hybridized carbons (Fsp3) is 0.136. The zero-order valence-corrected chi connectivity index (χ0v) is 16.8. The van der Waals surface area contributed by atoms with Crippen molar-refractivity contribution in [3.63, 3.8) is 0 Å². The highest BCUT2D eigenvalue weighted by Crippen LogP contribution is 2.14. The zero-order valence-electron chi connectivity index (χ0n) is 16.8. The van der Waals surface area contributed by atoms with Crippen molar-refractivity contribution in [1.29, 1.82) is 0 Å². The number of carbonyl (C=O) groups is 1. The Balaban J connectivity index is 1.28. The lowest BCUT2D eigenvalue weighted by molar-refractivity contribution is 0.0951. The van der Waals surface area contributed by atoms with Crippen LogP contribution in [0, 0.1) is 6.92 Å². The first-order valence-electron chi connectivity index (χ1n) is 9.67. The third kappa shape index (κ3) is 5.02. The summed E-state index contributed by atoms with van der Waals surface area (Å²) in [4.78, 5) is 28.6. The molecule has 0 bridgehead atoms. The molecule has 0 fully saturated rings.